The summed E-state index contributed by atoms with van der Waals surface area (Å²) in [5, 5.41) is 13.4. The van der Waals surface area contributed by atoms with E-state index < -0.39 is 30.4 Å². The van der Waals surface area contributed by atoms with Crippen molar-refractivity contribution in [3.8, 4) is 0 Å². The third-order valence-electron chi connectivity index (χ3n) is 3.25. The molecule has 0 unspecified atom stereocenters. The van der Waals surface area contributed by atoms with Crippen LogP contribution in [0, 0.1) is 0 Å². The van der Waals surface area contributed by atoms with E-state index in [4.69, 9.17) is 0 Å². The molecule has 2 rings (SSSR count). The second-order valence-corrected chi connectivity index (χ2v) is 4.21. The van der Waals surface area contributed by atoms with Gasteiger partial charge < -0.3 is 25.0 Å². The quantitative estimate of drug-likeness (QED) is 0.593. The Hall–Kier alpha value is -1.99. The summed E-state index contributed by atoms with van der Waals surface area (Å²) >= 11 is 0. The minimum Gasteiger partial charge on any atom is -0.548 e. The van der Waals surface area contributed by atoms with Gasteiger partial charge >= 0.3 is 12.1 Å². The summed E-state index contributed by atoms with van der Waals surface area (Å²) in [5.41, 5.74) is 0. The minimum atomic E-state index is -1.35. The fraction of sp³-hybridized carbons (Fsp3) is 0.667. The zero-order chi connectivity index (χ0) is 12.9. The van der Waals surface area contributed by atoms with Crippen molar-refractivity contribution in [2.45, 2.75) is 25.3 Å². The van der Waals surface area contributed by atoms with Crippen LogP contribution in [0.15, 0.2) is 0 Å². The molecule has 0 aromatic rings. The molecule has 0 spiro atoms. The first-order chi connectivity index (χ1) is 7.86. The molecule has 94 valence electrons. The van der Waals surface area contributed by atoms with E-state index in [1.54, 1.807) is 7.05 Å². The molecule has 0 aromatic carbocycles. The van der Waals surface area contributed by atoms with E-state index in [9.17, 15) is 19.5 Å². The van der Waals surface area contributed by atoms with E-state index in [0.717, 1.165) is 4.90 Å². The maximum absolute atomic E-state index is 11.7. The number of nitrogens with zero attached hydrogens (tertiary/aromatic N) is 3. The first-order valence-electron chi connectivity index (χ1n) is 5.15. The number of nitrogens with one attached hydrogen (secondary N) is 1. The molecule has 2 saturated heterocycles. The molecule has 4 amide bonds. The van der Waals surface area contributed by atoms with Crippen LogP contribution in [0.1, 0.15) is 6.92 Å². The van der Waals surface area contributed by atoms with Crippen molar-refractivity contribution in [3.05, 3.63) is 0 Å². The highest BCUT2D eigenvalue weighted by Crippen LogP contribution is 2.27. The molecule has 1 N–H and O–H groups in total. The lowest BCUT2D eigenvalue weighted by Gasteiger charge is -2.32. The van der Waals surface area contributed by atoms with Crippen LogP contribution < -0.4 is 10.4 Å². The molecule has 2 aliphatic rings. The van der Waals surface area contributed by atoms with Crippen molar-refractivity contribution < 1.29 is 19.5 Å². The van der Waals surface area contributed by atoms with Crippen molar-refractivity contribution in [1.82, 2.24) is 20.0 Å². The third-order valence-corrected chi connectivity index (χ3v) is 3.25. The lowest BCUT2D eigenvalue weighted by Crippen LogP contribution is -2.54. The van der Waals surface area contributed by atoms with Gasteiger partial charge in [-0.1, -0.05) is 0 Å². The molecule has 0 aliphatic carbocycles. The molecule has 3 atom stereocenters. The molecular weight excluding hydrogens is 228 g/mol. The molecule has 2 aliphatic heterocycles. The maximum atomic E-state index is 11.7. The Morgan fingerprint density at radius 1 is 1.35 bits per heavy atom. The molecule has 0 aromatic heterocycles. The first-order valence-corrected chi connectivity index (χ1v) is 5.15. The Morgan fingerprint density at radius 2 is 1.94 bits per heavy atom. The summed E-state index contributed by atoms with van der Waals surface area (Å²) in [5.74, 6) is -1.35. The fourth-order valence-electron chi connectivity index (χ4n) is 2.24. The molecule has 17 heavy (non-hydrogen) atoms. The number of likely N-dealkylation sites (N-methyl/N-ethyl adjacent to an activating group) is 2. The minimum absolute atomic E-state index is 0.268. The monoisotopic (exact) mass is 241 g/mol. The number of rotatable bonds is 2. The van der Waals surface area contributed by atoms with Crippen LogP contribution in [0.3, 0.4) is 0 Å². The van der Waals surface area contributed by atoms with Gasteiger partial charge in [0.2, 0.25) is 0 Å². The van der Waals surface area contributed by atoms with Crippen LogP contribution >= 0.6 is 0 Å². The molecule has 8 heteroatoms. The number of carbonyl (C=O) groups excluding carboxylic acids is 3. The predicted molar refractivity (Wildman–Crippen MR) is 53.3 cm³/mol. The normalized spacial score (nSPS) is 29.5. The van der Waals surface area contributed by atoms with E-state index in [1.807, 2.05) is 0 Å². The Labute approximate surface area is 97.8 Å². The summed E-state index contributed by atoms with van der Waals surface area (Å²) in [4.78, 5) is 38.0. The van der Waals surface area contributed by atoms with Gasteiger partial charge in [-0.25, -0.2) is 9.59 Å². The van der Waals surface area contributed by atoms with Crippen molar-refractivity contribution in [3.63, 3.8) is 0 Å². The highest BCUT2D eigenvalue weighted by Gasteiger charge is 2.53. The Balaban J connectivity index is 2.33. The van der Waals surface area contributed by atoms with Gasteiger partial charge in [0.15, 0.2) is 0 Å². The van der Waals surface area contributed by atoms with Gasteiger partial charge in [-0.15, -0.1) is 0 Å². The average Bonchev–Trinajstić information content (AvgIpc) is 2.70. The molecule has 0 saturated carbocycles. The van der Waals surface area contributed by atoms with Gasteiger partial charge in [0.25, 0.3) is 0 Å². The molecule has 0 bridgehead atoms. The van der Waals surface area contributed by atoms with Crippen molar-refractivity contribution in [1.29, 1.82) is 0 Å². The van der Waals surface area contributed by atoms with Crippen molar-refractivity contribution in [2.75, 3.05) is 14.1 Å². The highest BCUT2D eigenvalue weighted by molar-refractivity contribution is 5.87. The number of carboxylic acid groups (broad SMARTS) is 1. The van der Waals surface area contributed by atoms with Crippen molar-refractivity contribution in [2.24, 2.45) is 0 Å². The van der Waals surface area contributed by atoms with Gasteiger partial charge in [0, 0.05) is 14.1 Å². The summed E-state index contributed by atoms with van der Waals surface area (Å²) in [6.07, 6.45) is -1.14. The lowest BCUT2D eigenvalue weighted by atomic mass is 10.2. The van der Waals surface area contributed by atoms with E-state index in [-0.39, 0.29) is 6.03 Å². The Kier molecular flexibility index (Phi) is 2.37. The van der Waals surface area contributed by atoms with Crippen LogP contribution in [0.2, 0.25) is 0 Å². The second kappa shape index (κ2) is 3.51. The first kappa shape index (κ1) is 11.5. The largest absolute Gasteiger partial charge is 0.548 e. The number of aliphatic carboxylic acids is 1. The summed E-state index contributed by atoms with van der Waals surface area (Å²) in [7, 11) is 3.08. The SMILES string of the molecule is C[C@H](C(=O)[O-])N1C(=O)N[C@@H]2[C@@H]1N(C)C(=O)N2C. The molecule has 2 heterocycles. The van der Waals surface area contributed by atoms with Gasteiger partial charge in [-0.2, -0.15) is 0 Å². The van der Waals surface area contributed by atoms with E-state index in [2.05, 4.69) is 5.32 Å². The summed E-state index contributed by atoms with van der Waals surface area (Å²) in [6, 6.07) is -1.87. The number of hydrogen-bond donors (Lipinski definition) is 1. The Morgan fingerprint density at radius 3 is 2.47 bits per heavy atom. The van der Waals surface area contributed by atoms with Crippen LogP contribution in [-0.4, -0.2) is 65.2 Å². The number of carboxylic acids is 1. The van der Waals surface area contributed by atoms with Crippen molar-refractivity contribution >= 4 is 18.0 Å². The number of amides is 4. The number of carbonyl (C=O) groups is 3. The third kappa shape index (κ3) is 1.40. The highest BCUT2D eigenvalue weighted by atomic mass is 16.4. The van der Waals surface area contributed by atoms with Crippen LogP contribution in [-0.2, 0) is 4.79 Å². The molecular formula is C9H13N4O4-. The summed E-state index contributed by atoms with van der Waals surface area (Å²) < 4.78 is 0. The Bertz CT molecular complexity index is 398. The fourth-order valence-corrected chi connectivity index (χ4v) is 2.24. The number of fused-ring (bicyclic) bond motifs is 1. The smallest absolute Gasteiger partial charge is 0.323 e. The standard InChI is InChI=1S/C9H14N4O4/c1-4(7(14)15)13-6-5(10-8(13)16)11(2)9(17)12(6)3/h4-6H,1-3H3,(H,10,16)(H,14,15)/p-1/t4-,5+,6-/m1/s1. The number of hydrogen-bond acceptors (Lipinski definition) is 4. The van der Waals surface area contributed by atoms with E-state index in [0.29, 0.717) is 0 Å². The zero-order valence-electron chi connectivity index (χ0n) is 9.71. The van der Waals surface area contributed by atoms with Gasteiger partial charge in [-0.3, -0.25) is 4.90 Å². The molecule has 8 nitrogen and oxygen atoms in total. The van der Waals surface area contributed by atoms with E-state index in [1.165, 1.54) is 23.8 Å². The molecule has 0 radical (unpaired) electrons. The van der Waals surface area contributed by atoms with Crippen LogP contribution in [0.4, 0.5) is 9.59 Å². The maximum Gasteiger partial charge on any atom is 0.323 e. The topological polar surface area (TPSA) is 96.0 Å². The second-order valence-electron chi connectivity index (χ2n) is 4.21. The van der Waals surface area contributed by atoms with Crippen LogP contribution in [0.25, 0.3) is 0 Å². The summed E-state index contributed by atoms with van der Waals surface area (Å²) in [6.45, 7) is 1.36. The predicted octanol–water partition coefficient (Wildman–Crippen LogP) is -2.20. The lowest BCUT2D eigenvalue weighted by molar-refractivity contribution is -0.310. The van der Waals surface area contributed by atoms with Gasteiger partial charge in [0.05, 0.1) is 12.0 Å². The average molecular weight is 241 g/mol. The van der Waals surface area contributed by atoms with E-state index >= 15 is 0 Å². The number of urea groups is 2. The van der Waals surface area contributed by atoms with Gasteiger partial charge in [-0.05, 0) is 6.92 Å². The van der Waals surface area contributed by atoms with Crippen LogP contribution in [0.5, 0.6) is 0 Å². The van der Waals surface area contributed by atoms with Gasteiger partial charge in [0.1, 0.15) is 12.3 Å². The molecule has 2 fully saturated rings. The zero-order valence-corrected chi connectivity index (χ0v) is 9.71.